The van der Waals surface area contributed by atoms with Crippen LogP contribution >= 0.6 is 0 Å². The van der Waals surface area contributed by atoms with E-state index in [2.05, 4.69) is 0 Å². The summed E-state index contributed by atoms with van der Waals surface area (Å²) in [5, 5.41) is 20.2. The molecule has 2 N–H and O–H groups in total. The summed E-state index contributed by atoms with van der Waals surface area (Å²) in [4.78, 5) is 11.8. The molecule has 5 atom stereocenters. The van der Waals surface area contributed by atoms with E-state index >= 15 is 0 Å². The molecule has 1 saturated carbocycles. The molecule has 2 unspecified atom stereocenters. The van der Waals surface area contributed by atoms with E-state index in [1.807, 2.05) is 6.92 Å². The monoisotopic (exact) mass is 226 g/mol. The summed E-state index contributed by atoms with van der Waals surface area (Å²) in [6, 6.07) is 0. The van der Waals surface area contributed by atoms with Crippen molar-refractivity contribution in [1.29, 1.82) is 0 Å². The molecule has 5 heteroatoms. The zero-order chi connectivity index (χ0) is 11.6. The summed E-state index contributed by atoms with van der Waals surface area (Å²) in [6.45, 7) is 1.91. The van der Waals surface area contributed by atoms with Crippen molar-refractivity contribution in [3.8, 4) is 0 Å². The molecule has 3 aliphatic rings. The van der Waals surface area contributed by atoms with Gasteiger partial charge >= 0.3 is 0 Å². The Morgan fingerprint density at radius 2 is 2.31 bits per heavy atom. The molecule has 1 aliphatic carbocycles. The highest BCUT2D eigenvalue weighted by Gasteiger charge is 2.86. The Hall–Kier alpha value is -0.910. The zero-order valence-electron chi connectivity index (χ0n) is 8.92. The van der Waals surface area contributed by atoms with Crippen LogP contribution in [0.25, 0.3) is 0 Å². The van der Waals surface area contributed by atoms with Gasteiger partial charge in [0.2, 0.25) is 5.60 Å². The molecule has 0 radical (unpaired) electrons. The second-order valence-electron chi connectivity index (χ2n) is 4.65. The van der Waals surface area contributed by atoms with E-state index in [1.165, 1.54) is 12.3 Å². The number of epoxide rings is 1. The maximum atomic E-state index is 11.8. The molecule has 0 spiro atoms. The molecule has 3 rings (SSSR count). The molecule has 0 aromatic heterocycles. The number of hydrogen-bond donors (Lipinski definition) is 2. The predicted molar refractivity (Wildman–Crippen MR) is 52.2 cm³/mol. The summed E-state index contributed by atoms with van der Waals surface area (Å²) in [7, 11) is 0. The van der Waals surface area contributed by atoms with Gasteiger partial charge < -0.3 is 19.7 Å². The third-order valence-electron chi connectivity index (χ3n) is 3.97. The Morgan fingerprint density at radius 3 is 3.00 bits per heavy atom. The molecule has 0 bridgehead atoms. The Bertz CT molecular complexity index is 379. The molecule has 88 valence electrons. The van der Waals surface area contributed by atoms with Crippen LogP contribution in [0.4, 0.5) is 0 Å². The molecule has 1 saturated heterocycles. The van der Waals surface area contributed by atoms with Crippen molar-refractivity contribution in [3.63, 3.8) is 0 Å². The maximum Gasteiger partial charge on any atom is 0.276 e. The Balaban J connectivity index is 2.04. The quantitative estimate of drug-likeness (QED) is 0.601. The molecule has 16 heavy (non-hydrogen) atoms. The van der Waals surface area contributed by atoms with Crippen LogP contribution in [0.3, 0.4) is 0 Å². The molecular weight excluding hydrogens is 212 g/mol. The van der Waals surface area contributed by atoms with E-state index < -0.39 is 23.6 Å². The fraction of sp³-hybridized carbons (Fsp3) is 0.727. The van der Waals surface area contributed by atoms with Crippen molar-refractivity contribution in [2.24, 2.45) is 5.92 Å². The summed E-state index contributed by atoms with van der Waals surface area (Å²) in [6.07, 6.45) is 1.79. The number of ether oxygens (including phenoxy) is 2. The van der Waals surface area contributed by atoms with Gasteiger partial charge in [-0.15, -0.1) is 0 Å². The van der Waals surface area contributed by atoms with E-state index in [-0.39, 0.29) is 11.7 Å². The fourth-order valence-electron chi connectivity index (χ4n) is 2.97. The van der Waals surface area contributed by atoms with Gasteiger partial charge in [0.15, 0.2) is 5.78 Å². The summed E-state index contributed by atoms with van der Waals surface area (Å²) >= 11 is 0. The maximum absolute atomic E-state index is 11.8. The second-order valence-corrected chi connectivity index (χ2v) is 4.65. The van der Waals surface area contributed by atoms with Crippen molar-refractivity contribution in [2.75, 3.05) is 0 Å². The van der Waals surface area contributed by atoms with E-state index in [1.54, 1.807) is 0 Å². The number of carbonyl (C=O) groups is 1. The van der Waals surface area contributed by atoms with Gasteiger partial charge in [-0.2, -0.15) is 0 Å². The van der Waals surface area contributed by atoms with Crippen molar-refractivity contribution < 1.29 is 24.5 Å². The van der Waals surface area contributed by atoms with Crippen molar-refractivity contribution in [2.45, 2.75) is 43.4 Å². The molecular formula is C11H14O5. The van der Waals surface area contributed by atoms with Gasteiger partial charge in [-0.3, -0.25) is 4.79 Å². The average molecular weight is 226 g/mol. The summed E-state index contributed by atoms with van der Waals surface area (Å²) in [5.41, 5.74) is -1.36. The molecule has 0 amide bonds. The Labute approximate surface area is 92.7 Å². The average Bonchev–Trinajstić information content (AvgIpc) is 2.98. The van der Waals surface area contributed by atoms with Gasteiger partial charge in [-0.05, 0) is 12.3 Å². The first-order valence-corrected chi connectivity index (χ1v) is 5.53. The van der Waals surface area contributed by atoms with E-state index in [9.17, 15) is 15.0 Å². The lowest BCUT2D eigenvalue weighted by atomic mass is 9.72. The normalized spacial score (nSPS) is 53.9. The summed E-state index contributed by atoms with van der Waals surface area (Å²) in [5.74, 6) is -1.78. The topological polar surface area (TPSA) is 79.3 Å². The Kier molecular flexibility index (Phi) is 1.83. The molecule has 5 nitrogen and oxygen atoms in total. The SMILES string of the molecule is CC[C@@H]1C[C@H](O)C23OC=CC(=O)C2(O3)[C@H]1O. The standard InChI is InChI=1S/C11H14O5/c1-2-6-5-8(13)11-10(16-11,9(6)14)7(12)3-4-15-11/h3-4,6,8-9,13-14H,2,5H2,1H3/t6-,8+,9+,10?,11?/m1/s1. The van der Waals surface area contributed by atoms with Crippen molar-refractivity contribution in [1.82, 2.24) is 0 Å². The third kappa shape index (κ3) is 0.863. The van der Waals surface area contributed by atoms with Crippen LogP contribution in [0.5, 0.6) is 0 Å². The number of hydrogen-bond acceptors (Lipinski definition) is 5. The van der Waals surface area contributed by atoms with E-state index in [0.29, 0.717) is 12.8 Å². The number of rotatable bonds is 1. The lowest BCUT2D eigenvalue weighted by Crippen LogP contribution is -2.58. The second kappa shape index (κ2) is 2.85. The van der Waals surface area contributed by atoms with Gasteiger partial charge in [-0.25, -0.2) is 0 Å². The molecule has 2 aliphatic heterocycles. The lowest BCUT2D eigenvalue weighted by Gasteiger charge is -2.37. The minimum absolute atomic E-state index is 0.135. The van der Waals surface area contributed by atoms with Gasteiger partial charge in [0.05, 0.1) is 6.26 Å². The van der Waals surface area contributed by atoms with Crippen LogP contribution in [0.2, 0.25) is 0 Å². The highest BCUT2D eigenvalue weighted by atomic mass is 16.8. The Morgan fingerprint density at radius 1 is 1.56 bits per heavy atom. The van der Waals surface area contributed by atoms with Crippen molar-refractivity contribution in [3.05, 3.63) is 12.3 Å². The van der Waals surface area contributed by atoms with Gasteiger partial charge in [0.1, 0.15) is 12.2 Å². The van der Waals surface area contributed by atoms with Gasteiger partial charge in [0, 0.05) is 6.08 Å². The minimum atomic E-state index is -1.36. The minimum Gasteiger partial charge on any atom is -0.463 e. The van der Waals surface area contributed by atoms with Gasteiger partial charge in [-0.1, -0.05) is 13.3 Å². The van der Waals surface area contributed by atoms with E-state index in [0.717, 1.165) is 0 Å². The lowest BCUT2D eigenvalue weighted by molar-refractivity contribution is -0.141. The van der Waals surface area contributed by atoms with Crippen LogP contribution in [0.1, 0.15) is 19.8 Å². The van der Waals surface area contributed by atoms with Crippen LogP contribution in [0.15, 0.2) is 12.3 Å². The fourth-order valence-corrected chi connectivity index (χ4v) is 2.97. The first-order valence-electron chi connectivity index (χ1n) is 5.53. The first kappa shape index (κ1) is 10.3. The number of aliphatic hydroxyl groups excluding tert-OH is 2. The van der Waals surface area contributed by atoms with E-state index in [4.69, 9.17) is 9.47 Å². The van der Waals surface area contributed by atoms with Crippen LogP contribution in [0, 0.1) is 5.92 Å². The zero-order valence-corrected chi connectivity index (χ0v) is 8.92. The van der Waals surface area contributed by atoms with Crippen molar-refractivity contribution >= 4 is 5.78 Å². The number of carbonyl (C=O) groups excluding carboxylic acids is 1. The van der Waals surface area contributed by atoms with Crippen LogP contribution < -0.4 is 0 Å². The largest absolute Gasteiger partial charge is 0.463 e. The highest BCUT2D eigenvalue weighted by molar-refractivity contribution is 6.02. The third-order valence-corrected chi connectivity index (χ3v) is 3.97. The highest BCUT2D eigenvalue weighted by Crippen LogP contribution is 2.62. The predicted octanol–water partition coefficient (Wildman–Crippen LogP) is -0.284. The molecule has 2 heterocycles. The smallest absolute Gasteiger partial charge is 0.276 e. The molecule has 2 fully saturated rings. The first-order chi connectivity index (χ1) is 7.58. The van der Waals surface area contributed by atoms with Crippen LogP contribution in [-0.4, -0.2) is 39.6 Å². The molecule has 0 aromatic rings. The molecule has 0 aromatic carbocycles. The summed E-state index contributed by atoms with van der Waals surface area (Å²) < 4.78 is 10.6. The number of ketones is 1. The van der Waals surface area contributed by atoms with Crippen LogP contribution in [-0.2, 0) is 14.3 Å². The van der Waals surface area contributed by atoms with Gasteiger partial charge in [0.25, 0.3) is 5.79 Å². The number of aliphatic hydroxyl groups is 2.